The number of carbonyl (C=O) groups excluding carboxylic acids is 5. The van der Waals surface area contributed by atoms with Gasteiger partial charge in [-0.1, -0.05) is 45.9 Å². The lowest BCUT2D eigenvalue weighted by molar-refractivity contribution is -0.349. The summed E-state index contributed by atoms with van der Waals surface area (Å²) in [6, 6.07) is 9.53. The van der Waals surface area contributed by atoms with Gasteiger partial charge in [0.2, 0.25) is 0 Å². The molecule has 284 valence electrons. The van der Waals surface area contributed by atoms with Crippen molar-refractivity contribution in [1.82, 2.24) is 0 Å². The van der Waals surface area contributed by atoms with E-state index in [4.69, 9.17) is 32.8 Å². The van der Waals surface area contributed by atoms with Crippen LogP contribution in [0.3, 0.4) is 0 Å². The number of furan rings is 1. The summed E-state index contributed by atoms with van der Waals surface area (Å²) in [7, 11) is 0. The molecule has 2 bridgehead atoms. The molecular weight excluding hydrogens is 676 g/mol. The minimum atomic E-state index is -2.07. The Bertz CT molecular complexity index is 1630. The van der Waals surface area contributed by atoms with Crippen molar-refractivity contribution in [2.24, 2.45) is 23.2 Å². The Kier molecular flexibility index (Phi) is 11.0. The van der Waals surface area contributed by atoms with Gasteiger partial charge in [-0.05, 0) is 64.7 Å². The van der Waals surface area contributed by atoms with E-state index < -0.39 is 101 Å². The van der Waals surface area contributed by atoms with Gasteiger partial charge in [-0.15, -0.1) is 0 Å². The molecule has 2 saturated carbocycles. The van der Waals surface area contributed by atoms with Crippen LogP contribution in [0.4, 0.5) is 0 Å². The highest BCUT2D eigenvalue weighted by molar-refractivity contribution is 5.90. The third-order valence-electron chi connectivity index (χ3n) is 11.4. The van der Waals surface area contributed by atoms with Crippen molar-refractivity contribution in [3.05, 3.63) is 60.1 Å². The summed E-state index contributed by atoms with van der Waals surface area (Å²) >= 11 is 0. The summed E-state index contributed by atoms with van der Waals surface area (Å²) in [6.07, 6.45) is -2.49. The zero-order valence-electron chi connectivity index (χ0n) is 31.0. The Morgan fingerprint density at radius 2 is 1.46 bits per heavy atom. The van der Waals surface area contributed by atoms with E-state index in [9.17, 15) is 29.1 Å². The molecule has 2 heterocycles. The van der Waals surface area contributed by atoms with E-state index >= 15 is 0 Å². The highest BCUT2D eigenvalue weighted by Crippen LogP contribution is 2.69. The van der Waals surface area contributed by atoms with Gasteiger partial charge < -0.3 is 37.9 Å². The average Bonchev–Trinajstić information content (AvgIpc) is 3.71. The standard InChI is InChI=1S/C39H50O13/c1-9-22(3)32(41)48-27-16-18-37(8,45)39-30(50-33(42)23(4)10-2)28(36(6,7)52-39)29(49-34(43)25-14-12-11-13-15-25)31(38(27,39)21-47-24(5)40)51-35(44)26-17-19-46-20-26/h11-15,17,19-20,22-23,27-31,45H,9-10,16,18,21H2,1-8H3. The van der Waals surface area contributed by atoms with Crippen LogP contribution in [0.15, 0.2) is 53.3 Å². The van der Waals surface area contributed by atoms with E-state index in [1.54, 1.807) is 58.0 Å². The number of ether oxygens (including phenoxy) is 6. The van der Waals surface area contributed by atoms with Crippen LogP contribution >= 0.6 is 0 Å². The molecule has 13 nitrogen and oxygen atoms in total. The summed E-state index contributed by atoms with van der Waals surface area (Å²) in [4.78, 5) is 68.4. The monoisotopic (exact) mass is 726 g/mol. The van der Waals surface area contributed by atoms with Gasteiger partial charge in [-0.25, -0.2) is 9.59 Å². The summed E-state index contributed by atoms with van der Waals surface area (Å²) in [6.45, 7) is 12.5. The predicted octanol–water partition coefficient (Wildman–Crippen LogP) is 5.22. The summed E-state index contributed by atoms with van der Waals surface area (Å²) in [5.74, 6) is -5.89. The van der Waals surface area contributed by atoms with Crippen LogP contribution < -0.4 is 0 Å². The number of hydrogen-bond donors (Lipinski definition) is 1. The molecular formula is C39H50O13. The molecule has 13 heteroatoms. The van der Waals surface area contributed by atoms with Gasteiger partial charge in [0.25, 0.3) is 0 Å². The molecule has 2 aromatic rings. The van der Waals surface area contributed by atoms with Crippen molar-refractivity contribution >= 4 is 29.8 Å². The molecule has 52 heavy (non-hydrogen) atoms. The normalized spacial score (nSPS) is 32.8. The molecule has 10 unspecified atom stereocenters. The van der Waals surface area contributed by atoms with Crippen LogP contribution in [0, 0.1) is 23.2 Å². The molecule has 5 rings (SSSR count). The van der Waals surface area contributed by atoms with E-state index in [0.717, 1.165) is 0 Å². The molecule has 1 N–H and O–H groups in total. The Morgan fingerprint density at radius 1 is 0.846 bits per heavy atom. The van der Waals surface area contributed by atoms with Crippen LogP contribution in [0.5, 0.6) is 0 Å². The number of aliphatic hydroxyl groups is 1. The third kappa shape index (κ3) is 6.50. The second-order valence-electron chi connectivity index (χ2n) is 15.1. The average molecular weight is 727 g/mol. The Labute approximate surface area is 303 Å². The lowest BCUT2D eigenvalue weighted by Gasteiger charge is -2.65. The Morgan fingerprint density at radius 3 is 2.04 bits per heavy atom. The maximum atomic E-state index is 14.0. The number of fused-ring (bicyclic) bond motifs is 1. The van der Waals surface area contributed by atoms with Gasteiger partial charge in [0.15, 0.2) is 11.7 Å². The smallest absolute Gasteiger partial charge is 0.341 e. The molecule has 1 aromatic heterocycles. The number of hydrogen-bond acceptors (Lipinski definition) is 13. The maximum Gasteiger partial charge on any atom is 0.341 e. The minimum Gasteiger partial charge on any atom is -0.472 e. The van der Waals surface area contributed by atoms with E-state index in [2.05, 4.69) is 0 Å². The van der Waals surface area contributed by atoms with E-state index in [1.807, 2.05) is 13.8 Å². The van der Waals surface area contributed by atoms with Crippen LogP contribution in [-0.2, 0) is 42.8 Å². The molecule has 3 fully saturated rings. The molecule has 1 spiro atoms. The van der Waals surface area contributed by atoms with Crippen LogP contribution in [0.1, 0.15) is 102 Å². The largest absolute Gasteiger partial charge is 0.472 e. The minimum absolute atomic E-state index is 0.0124. The van der Waals surface area contributed by atoms with Crippen molar-refractivity contribution in [2.45, 2.75) is 122 Å². The van der Waals surface area contributed by atoms with Gasteiger partial charge in [-0.2, -0.15) is 0 Å². The molecule has 3 aliphatic rings. The van der Waals surface area contributed by atoms with E-state index in [-0.39, 0.29) is 24.0 Å². The zero-order valence-corrected chi connectivity index (χ0v) is 31.0. The number of carbonyl (C=O) groups is 5. The van der Waals surface area contributed by atoms with Gasteiger partial charge in [0, 0.05) is 6.92 Å². The van der Waals surface area contributed by atoms with Crippen molar-refractivity contribution < 1.29 is 61.9 Å². The summed E-state index contributed by atoms with van der Waals surface area (Å²) in [5.41, 5.74) is -7.18. The second-order valence-corrected chi connectivity index (χ2v) is 15.1. The number of esters is 5. The van der Waals surface area contributed by atoms with Crippen molar-refractivity contribution in [1.29, 1.82) is 0 Å². The topological polar surface area (TPSA) is 174 Å². The van der Waals surface area contributed by atoms with Crippen LogP contribution in [0.25, 0.3) is 0 Å². The molecule has 10 atom stereocenters. The Hall–Kier alpha value is -4.23. The highest BCUT2D eigenvalue weighted by atomic mass is 16.6. The first-order valence-electron chi connectivity index (χ1n) is 17.9. The zero-order chi connectivity index (χ0) is 38.2. The molecule has 1 aliphatic heterocycles. The molecule has 2 aliphatic carbocycles. The highest BCUT2D eigenvalue weighted by Gasteiger charge is 2.87. The van der Waals surface area contributed by atoms with E-state index in [1.165, 1.54) is 32.4 Å². The molecule has 1 saturated heterocycles. The van der Waals surface area contributed by atoms with Gasteiger partial charge in [0.1, 0.15) is 36.6 Å². The van der Waals surface area contributed by atoms with Gasteiger partial charge >= 0.3 is 29.8 Å². The second kappa shape index (κ2) is 14.7. The van der Waals surface area contributed by atoms with E-state index in [0.29, 0.717) is 12.8 Å². The molecule has 0 radical (unpaired) electrons. The summed E-state index contributed by atoms with van der Waals surface area (Å²) in [5, 5.41) is 12.7. The predicted molar refractivity (Wildman–Crippen MR) is 183 cm³/mol. The fourth-order valence-electron chi connectivity index (χ4n) is 8.27. The first-order valence-corrected chi connectivity index (χ1v) is 17.9. The third-order valence-corrected chi connectivity index (χ3v) is 11.4. The fourth-order valence-corrected chi connectivity index (χ4v) is 8.27. The fraction of sp³-hybridized carbons (Fsp3) is 0.615. The number of benzene rings is 1. The molecule has 1 aromatic carbocycles. The first kappa shape index (κ1) is 39.0. The lowest BCUT2D eigenvalue weighted by Crippen LogP contribution is -2.83. The van der Waals surface area contributed by atoms with Crippen LogP contribution in [0.2, 0.25) is 0 Å². The summed E-state index contributed by atoms with van der Waals surface area (Å²) < 4.78 is 43.5. The van der Waals surface area contributed by atoms with Gasteiger partial charge in [-0.3, -0.25) is 14.4 Å². The van der Waals surface area contributed by atoms with Gasteiger partial charge in [0.05, 0.1) is 46.3 Å². The maximum absolute atomic E-state index is 14.0. The SMILES string of the molecule is CCC(C)C(=O)OC1CCC(C)(O)C23OC(C)(C)C(C(OC(=O)c4ccccc4)C(OC(=O)c4ccoc4)C12COC(C)=O)C3OC(=O)C(C)CC. The Balaban J connectivity index is 1.86. The first-order chi connectivity index (χ1) is 24.5. The van der Waals surface area contributed by atoms with Crippen molar-refractivity contribution in [3.63, 3.8) is 0 Å². The van der Waals surface area contributed by atoms with Crippen molar-refractivity contribution in [3.8, 4) is 0 Å². The number of rotatable bonds is 12. The lowest BCUT2D eigenvalue weighted by atomic mass is 9.46. The molecule has 0 amide bonds. The van der Waals surface area contributed by atoms with Crippen molar-refractivity contribution in [2.75, 3.05) is 6.61 Å². The quantitative estimate of drug-likeness (QED) is 0.223. The van der Waals surface area contributed by atoms with Crippen LogP contribution in [-0.4, -0.2) is 82.8 Å².